The maximum Gasteiger partial charge on any atom is 0.194 e. The molecule has 1 aliphatic heterocycles. The van der Waals surface area contributed by atoms with Crippen LogP contribution in [0.4, 0.5) is 0 Å². The molecular formula is C19H26N2O2. The highest BCUT2D eigenvalue weighted by atomic mass is 16.7. The van der Waals surface area contributed by atoms with E-state index in [2.05, 4.69) is 40.7 Å². The van der Waals surface area contributed by atoms with Crippen LogP contribution in [0.15, 0.2) is 43.0 Å². The van der Waals surface area contributed by atoms with Gasteiger partial charge in [0.25, 0.3) is 0 Å². The predicted octanol–water partition coefficient (Wildman–Crippen LogP) is 3.91. The second kappa shape index (κ2) is 7.75. The van der Waals surface area contributed by atoms with Crippen LogP contribution in [-0.2, 0) is 28.2 Å². The predicted molar refractivity (Wildman–Crippen MR) is 90.1 cm³/mol. The molecule has 124 valence electrons. The van der Waals surface area contributed by atoms with Crippen LogP contribution in [0.3, 0.4) is 0 Å². The third-order valence-electron chi connectivity index (χ3n) is 4.37. The summed E-state index contributed by atoms with van der Waals surface area (Å²) < 4.78 is 14.3. The first-order valence-electron chi connectivity index (χ1n) is 8.65. The summed E-state index contributed by atoms with van der Waals surface area (Å²) in [5.41, 5.74) is 2.52. The first kappa shape index (κ1) is 16.2. The molecule has 3 rings (SSSR count). The highest BCUT2D eigenvalue weighted by Gasteiger charge is 2.36. The van der Waals surface area contributed by atoms with Crippen molar-refractivity contribution in [3.63, 3.8) is 0 Å². The van der Waals surface area contributed by atoms with E-state index in [0.29, 0.717) is 0 Å². The van der Waals surface area contributed by atoms with Crippen molar-refractivity contribution in [2.24, 2.45) is 0 Å². The summed E-state index contributed by atoms with van der Waals surface area (Å²) in [5, 5.41) is 0. The molecule has 0 atom stereocenters. The van der Waals surface area contributed by atoms with E-state index in [0.717, 1.165) is 51.0 Å². The molecule has 0 unspecified atom stereocenters. The maximum absolute atomic E-state index is 6.12. The van der Waals surface area contributed by atoms with E-state index in [1.807, 2.05) is 18.7 Å². The summed E-state index contributed by atoms with van der Waals surface area (Å²) in [6.45, 7) is 4.67. The highest BCUT2D eigenvalue weighted by molar-refractivity contribution is 5.26. The third kappa shape index (κ3) is 4.01. The molecule has 1 fully saturated rings. The highest BCUT2D eigenvalue weighted by Crippen LogP contribution is 2.35. The Morgan fingerprint density at radius 2 is 1.96 bits per heavy atom. The van der Waals surface area contributed by atoms with E-state index >= 15 is 0 Å². The molecule has 1 aliphatic rings. The molecule has 2 aromatic rings. The Labute approximate surface area is 138 Å². The molecule has 0 saturated carbocycles. The minimum absolute atomic E-state index is 0.580. The average Bonchev–Trinajstić information content (AvgIpc) is 3.10. The lowest BCUT2D eigenvalue weighted by Crippen LogP contribution is -2.38. The minimum Gasteiger partial charge on any atom is -0.346 e. The maximum atomic E-state index is 6.12. The Balaban J connectivity index is 1.70. The summed E-state index contributed by atoms with van der Waals surface area (Å²) >= 11 is 0. The van der Waals surface area contributed by atoms with Gasteiger partial charge < -0.3 is 14.0 Å². The lowest BCUT2D eigenvalue weighted by atomic mass is 9.97. The Morgan fingerprint density at radius 1 is 1.17 bits per heavy atom. The van der Waals surface area contributed by atoms with Gasteiger partial charge in [-0.1, -0.05) is 37.6 Å². The molecule has 4 nitrogen and oxygen atoms in total. The topological polar surface area (TPSA) is 36.3 Å². The summed E-state index contributed by atoms with van der Waals surface area (Å²) in [7, 11) is 0. The Hall–Kier alpha value is -1.65. The summed E-state index contributed by atoms with van der Waals surface area (Å²) in [5.74, 6) is -0.580. The van der Waals surface area contributed by atoms with Crippen molar-refractivity contribution in [1.82, 2.24) is 9.55 Å². The van der Waals surface area contributed by atoms with Crippen molar-refractivity contribution in [1.29, 1.82) is 0 Å². The molecule has 1 saturated heterocycles. The molecule has 0 radical (unpaired) electrons. The van der Waals surface area contributed by atoms with Gasteiger partial charge in [-0.3, -0.25) is 0 Å². The van der Waals surface area contributed by atoms with Crippen molar-refractivity contribution in [3.8, 4) is 0 Å². The first-order valence-corrected chi connectivity index (χ1v) is 8.65. The number of aromatic nitrogens is 2. The van der Waals surface area contributed by atoms with Crippen molar-refractivity contribution < 1.29 is 9.47 Å². The van der Waals surface area contributed by atoms with Crippen molar-refractivity contribution in [2.45, 2.75) is 51.4 Å². The molecule has 23 heavy (non-hydrogen) atoms. The van der Waals surface area contributed by atoms with Crippen molar-refractivity contribution in [3.05, 3.63) is 54.1 Å². The Bertz CT molecular complexity index is 572. The van der Waals surface area contributed by atoms with E-state index in [9.17, 15) is 0 Å². The SMILES string of the molecule is CCCc1ccc(C2(CCCn3ccnc3)OCCCO2)cc1. The van der Waals surface area contributed by atoms with Gasteiger partial charge in [0.2, 0.25) is 0 Å². The van der Waals surface area contributed by atoms with Gasteiger partial charge in [0.15, 0.2) is 5.79 Å². The summed E-state index contributed by atoms with van der Waals surface area (Å²) in [6.07, 6.45) is 10.8. The number of ether oxygens (including phenoxy) is 2. The quantitative estimate of drug-likeness (QED) is 0.777. The van der Waals surface area contributed by atoms with Gasteiger partial charge in [-0.25, -0.2) is 4.98 Å². The summed E-state index contributed by atoms with van der Waals surface area (Å²) in [6, 6.07) is 8.76. The zero-order valence-corrected chi connectivity index (χ0v) is 13.9. The first-order chi connectivity index (χ1) is 11.3. The molecule has 0 aliphatic carbocycles. The van der Waals surface area contributed by atoms with Crippen molar-refractivity contribution in [2.75, 3.05) is 13.2 Å². The van der Waals surface area contributed by atoms with Crippen LogP contribution < -0.4 is 0 Å². The molecule has 0 N–H and O–H groups in total. The molecule has 2 heterocycles. The second-order valence-electron chi connectivity index (χ2n) is 6.15. The van der Waals surface area contributed by atoms with Crippen LogP contribution in [0, 0.1) is 0 Å². The van der Waals surface area contributed by atoms with Gasteiger partial charge in [-0.2, -0.15) is 0 Å². The fraction of sp³-hybridized carbons (Fsp3) is 0.526. The van der Waals surface area contributed by atoms with Crippen LogP contribution in [0.2, 0.25) is 0 Å². The van der Waals surface area contributed by atoms with E-state index in [4.69, 9.17) is 9.47 Å². The summed E-state index contributed by atoms with van der Waals surface area (Å²) in [4.78, 5) is 4.09. The molecular weight excluding hydrogens is 288 g/mol. The fourth-order valence-corrected chi connectivity index (χ4v) is 3.16. The average molecular weight is 314 g/mol. The molecule has 0 amide bonds. The monoisotopic (exact) mass is 314 g/mol. The van der Waals surface area contributed by atoms with E-state index < -0.39 is 5.79 Å². The molecule has 1 aromatic heterocycles. The van der Waals surface area contributed by atoms with Gasteiger partial charge >= 0.3 is 0 Å². The van der Waals surface area contributed by atoms with Crippen LogP contribution in [0.1, 0.15) is 43.7 Å². The third-order valence-corrected chi connectivity index (χ3v) is 4.37. The number of benzene rings is 1. The van der Waals surface area contributed by atoms with Crippen LogP contribution in [-0.4, -0.2) is 22.8 Å². The zero-order chi connectivity index (χ0) is 16.0. The Morgan fingerprint density at radius 3 is 2.61 bits per heavy atom. The number of aryl methyl sites for hydroxylation is 2. The zero-order valence-electron chi connectivity index (χ0n) is 13.9. The van der Waals surface area contributed by atoms with E-state index in [1.165, 1.54) is 12.0 Å². The molecule has 0 bridgehead atoms. The number of nitrogens with zero attached hydrogens (tertiary/aromatic N) is 2. The number of hydrogen-bond acceptors (Lipinski definition) is 3. The van der Waals surface area contributed by atoms with Crippen LogP contribution in [0.5, 0.6) is 0 Å². The smallest absolute Gasteiger partial charge is 0.194 e. The molecule has 4 heteroatoms. The van der Waals surface area contributed by atoms with Crippen molar-refractivity contribution >= 4 is 0 Å². The van der Waals surface area contributed by atoms with E-state index in [1.54, 1.807) is 0 Å². The molecule has 1 aromatic carbocycles. The normalized spacial score (nSPS) is 17.3. The second-order valence-corrected chi connectivity index (χ2v) is 6.15. The number of rotatable bonds is 7. The van der Waals surface area contributed by atoms with Gasteiger partial charge in [-0.15, -0.1) is 0 Å². The Kier molecular flexibility index (Phi) is 5.47. The van der Waals surface area contributed by atoms with Crippen LogP contribution >= 0.6 is 0 Å². The molecule has 0 spiro atoms. The number of imidazole rings is 1. The fourth-order valence-electron chi connectivity index (χ4n) is 3.16. The van der Waals surface area contributed by atoms with Gasteiger partial charge in [0, 0.05) is 30.9 Å². The number of hydrogen-bond donors (Lipinski definition) is 0. The largest absolute Gasteiger partial charge is 0.346 e. The minimum atomic E-state index is -0.580. The van der Waals surface area contributed by atoms with Gasteiger partial charge in [0.05, 0.1) is 19.5 Å². The lowest BCUT2D eigenvalue weighted by Gasteiger charge is -2.38. The lowest BCUT2D eigenvalue weighted by molar-refractivity contribution is -0.280. The van der Waals surface area contributed by atoms with Gasteiger partial charge in [-0.05, 0) is 24.8 Å². The standard InChI is InChI=1S/C19H26N2O2/c1-2-5-17-6-8-18(9-7-17)19(22-14-4-15-23-19)10-3-12-21-13-11-20-16-21/h6-9,11,13,16H,2-5,10,12,14-15H2,1H3. The van der Waals surface area contributed by atoms with Gasteiger partial charge in [0.1, 0.15) is 0 Å². The van der Waals surface area contributed by atoms with E-state index in [-0.39, 0.29) is 0 Å². The van der Waals surface area contributed by atoms with Crippen LogP contribution in [0.25, 0.3) is 0 Å².